The quantitative estimate of drug-likeness (QED) is 0.867. The van der Waals surface area contributed by atoms with E-state index in [9.17, 15) is 4.79 Å². The molecule has 2 aromatic rings. The first kappa shape index (κ1) is 15.4. The van der Waals surface area contributed by atoms with Gasteiger partial charge in [-0.05, 0) is 25.7 Å². The van der Waals surface area contributed by atoms with Gasteiger partial charge in [0, 0.05) is 49.9 Å². The number of carbonyl (C=O) groups excluding carboxylic acids is 1. The number of hydrogen-bond donors (Lipinski definition) is 0. The molecule has 2 fully saturated rings. The third-order valence-corrected chi connectivity index (χ3v) is 5.34. The minimum absolute atomic E-state index is 0.294. The molecular weight excluding hydrogens is 302 g/mol. The van der Waals surface area contributed by atoms with Crippen LogP contribution in [0.4, 0.5) is 5.82 Å². The zero-order valence-corrected chi connectivity index (χ0v) is 14.3. The second-order valence-corrected chi connectivity index (χ2v) is 6.85. The Labute approximate surface area is 142 Å². The van der Waals surface area contributed by atoms with E-state index in [-0.39, 0.29) is 0 Å². The minimum atomic E-state index is 0.294. The van der Waals surface area contributed by atoms with Gasteiger partial charge < -0.3 is 9.80 Å². The van der Waals surface area contributed by atoms with Crippen LogP contribution in [0.1, 0.15) is 38.3 Å². The van der Waals surface area contributed by atoms with Crippen LogP contribution < -0.4 is 4.90 Å². The highest BCUT2D eigenvalue weighted by molar-refractivity contribution is 5.79. The summed E-state index contributed by atoms with van der Waals surface area (Å²) >= 11 is 0. The topological polar surface area (TPSA) is 53.7 Å². The van der Waals surface area contributed by atoms with Crippen molar-refractivity contribution in [3.05, 3.63) is 24.0 Å². The summed E-state index contributed by atoms with van der Waals surface area (Å²) in [6, 6.07) is 4.09. The molecule has 128 valence electrons. The van der Waals surface area contributed by atoms with Crippen molar-refractivity contribution in [1.82, 2.24) is 19.5 Å². The molecule has 2 aliphatic rings. The molecule has 0 unspecified atom stereocenters. The molecule has 2 aromatic heterocycles. The maximum absolute atomic E-state index is 12.5. The lowest BCUT2D eigenvalue weighted by Crippen LogP contribution is -2.41. The van der Waals surface area contributed by atoms with E-state index < -0.39 is 0 Å². The Kier molecular flexibility index (Phi) is 4.12. The number of nitrogens with zero attached hydrogens (tertiary/aromatic N) is 5. The molecule has 6 nitrogen and oxygen atoms in total. The van der Waals surface area contributed by atoms with Gasteiger partial charge >= 0.3 is 0 Å². The number of carbonyl (C=O) groups is 1. The Balaban J connectivity index is 1.55. The molecule has 0 N–H and O–H groups in total. The molecule has 24 heavy (non-hydrogen) atoms. The zero-order chi connectivity index (χ0) is 16.5. The van der Waals surface area contributed by atoms with Gasteiger partial charge in [0.2, 0.25) is 5.91 Å². The molecule has 1 amide bonds. The average molecular weight is 327 g/mol. The molecule has 1 saturated carbocycles. The van der Waals surface area contributed by atoms with Gasteiger partial charge in [0.25, 0.3) is 0 Å². The van der Waals surface area contributed by atoms with Crippen LogP contribution in [0.5, 0.6) is 0 Å². The Morgan fingerprint density at radius 2 is 2.08 bits per heavy atom. The van der Waals surface area contributed by atoms with Gasteiger partial charge in [-0.1, -0.05) is 13.3 Å². The lowest BCUT2D eigenvalue weighted by Gasteiger charge is -2.31. The highest BCUT2D eigenvalue weighted by Gasteiger charge is 2.30. The van der Waals surface area contributed by atoms with Gasteiger partial charge in [-0.3, -0.25) is 4.79 Å². The van der Waals surface area contributed by atoms with Crippen molar-refractivity contribution >= 4 is 17.4 Å². The molecule has 0 aromatic carbocycles. The fraction of sp³-hybridized carbons (Fsp3) is 0.611. The first-order chi connectivity index (χ1) is 11.8. The molecule has 0 spiro atoms. The van der Waals surface area contributed by atoms with Crippen molar-refractivity contribution in [2.45, 2.75) is 39.0 Å². The third-order valence-electron chi connectivity index (χ3n) is 5.34. The van der Waals surface area contributed by atoms with Crippen molar-refractivity contribution in [2.75, 3.05) is 31.1 Å². The fourth-order valence-corrected chi connectivity index (χ4v) is 3.63. The van der Waals surface area contributed by atoms with Crippen LogP contribution in [-0.2, 0) is 11.2 Å². The normalized spacial score (nSPS) is 19.4. The van der Waals surface area contributed by atoms with E-state index in [4.69, 9.17) is 0 Å². The molecule has 0 radical (unpaired) electrons. The van der Waals surface area contributed by atoms with Gasteiger partial charge in [0.05, 0.1) is 6.20 Å². The molecule has 0 bridgehead atoms. The monoisotopic (exact) mass is 327 g/mol. The molecule has 4 rings (SSSR count). The van der Waals surface area contributed by atoms with E-state index in [0.29, 0.717) is 11.8 Å². The van der Waals surface area contributed by atoms with Crippen LogP contribution in [-0.4, -0.2) is 51.6 Å². The number of anilines is 1. The van der Waals surface area contributed by atoms with Crippen LogP contribution in [0.2, 0.25) is 0 Å². The van der Waals surface area contributed by atoms with Crippen LogP contribution in [0.15, 0.2) is 18.3 Å². The van der Waals surface area contributed by atoms with E-state index in [1.165, 1.54) is 6.42 Å². The Morgan fingerprint density at radius 1 is 1.21 bits per heavy atom. The molecule has 1 saturated heterocycles. The average Bonchev–Trinajstić information content (AvgIpc) is 2.88. The summed E-state index contributed by atoms with van der Waals surface area (Å²) < 4.78 is 1.92. The molecule has 3 heterocycles. The van der Waals surface area contributed by atoms with Gasteiger partial charge in [0.1, 0.15) is 5.82 Å². The van der Waals surface area contributed by atoms with Gasteiger partial charge in [0.15, 0.2) is 5.65 Å². The maximum atomic E-state index is 12.5. The first-order valence-electron chi connectivity index (χ1n) is 9.13. The summed E-state index contributed by atoms with van der Waals surface area (Å²) in [5.41, 5.74) is 1.99. The second kappa shape index (κ2) is 6.42. The SMILES string of the molecule is CCc1cc(N2CCCN(C(=O)C3CCC3)CC2)n2nccc2n1. The molecular formula is C18H25N5O. The molecule has 0 atom stereocenters. The van der Waals surface area contributed by atoms with Crippen LogP contribution >= 0.6 is 0 Å². The first-order valence-corrected chi connectivity index (χ1v) is 9.13. The molecule has 1 aliphatic heterocycles. The van der Waals surface area contributed by atoms with Crippen molar-refractivity contribution in [3.63, 3.8) is 0 Å². The van der Waals surface area contributed by atoms with Crippen molar-refractivity contribution in [1.29, 1.82) is 0 Å². The van der Waals surface area contributed by atoms with E-state index >= 15 is 0 Å². The van der Waals surface area contributed by atoms with Crippen LogP contribution in [0.25, 0.3) is 5.65 Å². The van der Waals surface area contributed by atoms with E-state index in [1.807, 2.05) is 10.6 Å². The Morgan fingerprint density at radius 3 is 2.83 bits per heavy atom. The number of hydrogen-bond acceptors (Lipinski definition) is 4. The predicted octanol–water partition coefficient (Wildman–Crippen LogP) is 2.13. The van der Waals surface area contributed by atoms with Crippen molar-refractivity contribution < 1.29 is 4.79 Å². The van der Waals surface area contributed by atoms with E-state index in [2.05, 4.69) is 32.9 Å². The smallest absolute Gasteiger partial charge is 0.225 e. The summed E-state index contributed by atoms with van der Waals surface area (Å²) in [6.45, 7) is 5.62. The fourth-order valence-electron chi connectivity index (χ4n) is 3.63. The van der Waals surface area contributed by atoms with Gasteiger partial charge in [-0.2, -0.15) is 9.61 Å². The lowest BCUT2D eigenvalue weighted by molar-refractivity contribution is -0.137. The van der Waals surface area contributed by atoms with Crippen molar-refractivity contribution in [2.24, 2.45) is 5.92 Å². The minimum Gasteiger partial charge on any atom is -0.355 e. The zero-order valence-electron chi connectivity index (χ0n) is 14.3. The second-order valence-electron chi connectivity index (χ2n) is 6.85. The summed E-state index contributed by atoms with van der Waals surface area (Å²) in [7, 11) is 0. The lowest BCUT2D eigenvalue weighted by atomic mass is 9.84. The number of aromatic nitrogens is 3. The summed E-state index contributed by atoms with van der Waals surface area (Å²) in [6.07, 6.45) is 7.09. The molecule has 6 heteroatoms. The van der Waals surface area contributed by atoms with Gasteiger partial charge in [-0.15, -0.1) is 0 Å². The summed E-state index contributed by atoms with van der Waals surface area (Å²) in [5, 5.41) is 4.44. The van der Waals surface area contributed by atoms with Gasteiger partial charge in [-0.25, -0.2) is 4.98 Å². The summed E-state index contributed by atoms with van der Waals surface area (Å²) in [5.74, 6) is 1.76. The predicted molar refractivity (Wildman–Crippen MR) is 93.1 cm³/mol. The maximum Gasteiger partial charge on any atom is 0.225 e. The summed E-state index contributed by atoms with van der Waals surface area (Å²) in [4.78, 5) is 21.6. The number of amides is 1. The van der Waals surface area contributed by atoms with Crippen LogP contribution in [0.3, 0.4) is 0 Å². The standard InChI is InChI=1S/C18H25N5O/c1-2-15-13-17(23-16(20-15)7-8-19-23)21-9-4-10-22(12-11-21)18(24)14-5-3-6-14/h7-8,13-14H,2-6,9-12H2,1H3. The Bertz CT molecular complexity index is 736. The van der Waals surface area contributed by atoms with E-state index in [1.54, 1.807) is 6.20 Å². The third kappa shape index (κ3) is 2.74. The van der Waals surface area contributed by atoms with Crippen molar-refractivity contribution in [3.8, 4) is 0 Å². The highest BCUT2D eigenvalue weighted by atomic mass is 16.2. The largest absolute Gasteiger partial charge is 0.355 e. The highest BCUT2D eigenvalue weighted by Crippen LogP contribution is 2.29. The Hall–Kier alpha value is -2.11. The number of aryl methyl sites for hydroxylation is 1. The van der Waals surface area contributed by atoms with E-state index in [0.717, 1.165) is 69.0 Å². The molecule has 1 aliphatic carbocycles. The van der Waals surface area contributed by atoms with Crippen LogP contribution in [0, 0.1) is 5.92 Å². The number of rotatable bonds is 3. The number of fused-ring (bicyclic) bond motifs is 1.